The van der Waals surface area contributed by atoms with Gasteiger partial charge >= 0.3 is 24.3 Å². The van der Waals surface area contributed by atoms with Crippen molar-refractivity contribution in [3.63, 3.8) is 0 Å². The maximum atomic E-state index is 13.3. The molecule has 0 fully saturated rings. The van der Waals surface area contributed by atoms with Crippen molar-refractivity contribution >= 4 is 11.9 Å². The lowest BCUT2D eigenvalue weighted by atomic mass is 9.84. The summed E-state index contributed by atoms with van der Waals surface area (Å²) in [6, 6.07) is 1.22. The Labute approximate surface area is 202 Å². The van der Waals surface area contributed by atoms with E-state index in [1.165, 1.54) is 6.08 Å². The molecular formula is C24H23F6NO5. The van der Waals surface area contributed by atoms with Gasteiger partial charge in [-0.25, -0.2) is 9.59 Å². The number of allylic oxidation sites excluding steroid dienone is 3. The van der Waals surface area contributed by atoms with Crippen molar-refractivity contribution in [2.24, 2.45) is 5.92 Å². The zero-order valence-corrected chi connectivity index (χ0v) is 19.7. The summed E-state index contributed by atoms with van der Waals surface area (Å²) in [5.74, 6) is -2.70. The minimum atomic E-state index is -5.02. The summed E-state index contributed by atoms with van der Waals surface area (Å²) in [5, 5.41) is 2.90. The van der Waals surface area contributed by atoms with Crippen molar-refractivity contribution in [2.75, 3.05) is 13.7 Å². The van der Waals surface area contributed by atoms with Crippen LogP contribution >= 0.6 is 0 Å². The molecular weight excluding hydrogens is 496 g/mol. The van der Waals surface area contributed by atoms with Crippen molar-refractivity contribution in [1.29, 1.82) is 0 Å². The first-order valence-corrected chi connectivity index (χ1v) is 10.8. The predicted molar refractivity (Wildman–Crippen MR) is 114 cm³/mol. The van der Waals surface area contributed by atoms with E-state index in [4.69, 9.17) is 14.2 Å². The van der Waals surface area contributed by atoms with E-state index in [-0.39, 0.29) is 41.6 Å². The summed E-state index contributed by atoms with van der Waals surface area (Å²) < 4.78 is 95.7. The quantitative estimate of drug-likeness (QED) is 0.405. The van der Waals surface area contributed by atoms with Crippen molar-refractivity contribution in [1.82, 2.24) is 5.32 Å². The maximum Gasteiger partial charge on any atom is 0.416 e. The second kappa shape index (κ2) is 9.90. The number of dihydropyridines is 1. The summed E-state index contributed by atoms with van der Waals surface area (Å²) in [7, 11) is 1.13. The molecule has 0 saturated carbocycles. The highest BCUT2D eigenvalue weighted by Crippen LogP contribution is 2.45. The zero-order valence-electron chi connectivity index (χ0n) is 19.7. The molecule has 0 saturated heterocycles. The second-order valence-electron chi connectivity index (χ2n) is 8.14. The van der Waals surface area contributed by atoms with E-state index in [2.05, 4.69) is 5.32 Å². The van der Waals surface area contributed by atoms with Gasteiger partial charge in [-0.2, -0.15) is 26.3 Å². The first-order valence-electron chi connectivity index (χ1n) is 10.8. The fraction of sp³-hybridized carbons (Fsp3) is 0.417. The van der Waals surface area contributed by atoms with Gasteiger partial charge in [-0.1, -0.05) is 0 Å². The molecule has 3 rings (SSSR count). The molecule has 2 aliphatic rings. The Morgan fingerprint density at radius 1 is 0.972 bits per heavy atom. The fourth-order valence-electron chi connectivity index (χ4n) is 4.18. The van der Waals surface area contributed by atoms with Gasteiger partial charge in [0.05, 0.1) is 41.9 Å². The Morgan fingerprint density at radius 3 is 1.97 bits per heavy atom. The molecule has 2 atom stereocenters. The molecule has 2 aliphatic heterocycles. The number of carbonyl (C=O) groups excluding carboxylic acids is 2. The minimum Gasteiger partial charge on any atom is -0.489 e. The second-order valence-corrected chi connectivity index (χ2v) is 8.14. The van der Waals surface area contributed by atoms with E-state index in [0.717, 1.165) is 7.11 Å². The molecule has 196 valence electrons. The van der Waals surface area contributed by atoms with Crippen molar-refractivity contribution in [3.8, 4) is 0 Å². The largest absolute Gasteiger partial charge is 0.489 e. The van der Waals surface area contributed by atoms with Crippen LogP contribution in [0.1, 0.15) is 50.0 Å². The van der Waals surface area contributed by atoms with E-state index in [1.807, 2.05) is 0 Å². The topological polar surface area (TPSA) is 73.9 Å². The molecule has 6 nitrogen and oxygen atoms in total. The van der Waals surface area contributed by atoms with Crippen LogP contribution < -0.4 is 5.32 Å². The van der Waals surface area contributed by atoms with Crippen LogP contribution in [-0.2, 0) is 36.2 Å². The van der Waals surface area contributed by atoms with E-state index < -0.39 is 47.4 Å². The van der Waals surface area contributed by atoms with E-state index in [0.29, 0.717) is 23.5 Å². The minimum absolute atomic E-state index is 0.00178. The molecule has 0 bridgehead atoms. The Bertz CT molecular complexity index is 1130. The first-order chi connectivity index (χ1) is 16.7. The van der Waals surface area contributed by atoms with Crippen LogP contribution in [0.3, 0.4) is 0 Å². The van der Waals surface area contributed by atoms with Crippen molar-refractivity contribution in [3.05, 3.63) is 69.3 Å². The lowest BCUT2D eigenvalue weighted by Gasteiger charge is -2.31. The number of carbonyl (C=O) groups is 2. The number of esters is 2. The van der Waals surface area contributed by atoms with Crippen molar-refractivity contribution in [2.45, 2.75) is 45.6 Å². The third-order valence-electron chi connectivity index (χ3n) is 5.74. The summed E-state index contributed by atoms with van der Waals surface area (Å²) in [4.78, 5) is 25.4. The molecule has 2 heterocycles. The predicted octanol–water partition coefficient (Wildman–Crippen LogP) is 5.57. The smallest absolute Gasteiger partial charge is 0.416 e. The average molecular weight is 519 g/mol. The SMILES string of the molecule is CCOC(=O)C1=C(C)NC(C)=C(C(=O)OC)C1C1=CCC(c2cc(C(F)(F)F)cc(C(F)(F)F)c2)O1. The lowest BCUT2D eigenvalue weighted by molar-refractivity contribution is -0.144. The van der Waals surface area contributed by atoms with Gasteiger partial charge in [0, 0.05) is 17.8 Å². The van der Waals surface area contributed by atoms with Gasteiger partial charge in [0.2, 0.25) is 0 Å². The average Bonchev–Trinajstić information content (AvgIpc) is 3.26. The Hall–Kier alpha value is -3.44. The molecule has 0 radical (unpaired) electrons. The van der Waals surface area contributed by atoms with Crippen LogP contribution in [0.5, 0.6) is 0 Å². The van der Waals surface area contributed by atoms with Crippen LogP contribution in [-0.4, -0.2) is 25.7 Å². The van der Waals surface area contributed by atoms with Crippen molar-refractivity contribution < 1.29 is 50.1 Å². The molecule has 1 N–H and O–H groups in total. The van der Waals surface area contributed by atoms with Gasteiger partial charge in [-0.15, -0.1) is 0 Å². The Morgan fingerprint density at radius 2 is 1.50 bits per heavy atom. The molecule has 36 heavy (non-hydrogen) atoms. The molecule has 0 aliphatic carbocycles. The third kappa shape index (κ3) is 5.36. The van der Waals surface area contributed by atoms with Crippen LogP contribution in [0.2, 0.25) is 0 Å². The van der Waals surface area contributed by atoms with Crippen LogP contribution in [0, 0.1) is 5.92 Å². The molecule has 0 aromatic heterocycles. The summed E-state index contributed by atoms with van der Waals surface area (Å²) in [6.45, 7) is 4.71. The summed E-state index contributed by atoms with van der Waals surface area (Å²) in [6.07, 6.45) is -9.93. The lowest BCUT2D eigenvalue weighted by Crippen LogP contribution is -2.34. The van der Waals surface area contributed by atoms with Gasteiger partial charge in [-0.05, 0) is 50.6 Å². The van der Waals surface area contributed by atoms with Gasteiger partial charge < -0.3 is 19.5 Å². The van der Waals surface area contributed by atoms with Gasteiger partial charge in [-0.3, -0.25) is 0 Å². The molecule has 12 heteroatoms. The highest BCUT2D eigenvalue weighted by molar-refractivity contribution is 5.98. The molecule has 1 aromatic rings. The van der Waals surface area contributed by atoms with E-state index in [1.54, 1.807) is 20.8 Å². The normalized spacial score (nSPS) is 20.6. The van der Waals surface area contributed by atoms with Gasteiger partial charge in [0.1, 0.15) is 11.9 Å². The number of alkyl halides is 6. The Balaban J connectivity index is 2.05. The zero-order chi connectivity index (χ0) is 27.0. The van der Waals surface area contributed by atoms with E-state index >= 15 is 0 Å². The number of rotatable bonds is 5. The van der Waals surface area contributed by atoms with Gasteiger partial charge in [0.15, 0.2) is 0 Å². The summed E-state index contributed by atoms with van der Waals surface area (Å²) >= 11 is 0. The highest BCUT2D eigenvalue weighted by atomic mass is 19.4. The van der Waals surface area contributed by atoms with Crippen LogP contribution in [0.15, 0.2) is 52.6 Å². The number of nitrogens with one attached hydrogen (secondary N) is 1. The third-order valence-corrected chi connectivity index (χ3v) is 5.74. The van der Waals surface area contributed by atoms with E-state index in [9.17, 15) is 35.9 Å². The van der Waals surface area contributed by atoms with Crippen LogP contribution in [0.4, 0.5) is 26.3 Å². The molecule has 0 spiro atoms. The number of hydrogen-bond donors (Lipinski definition) is 1. The standard InChI is InChI=1S/C24H23F6NO5/c1-5-35-22(33)19-12(3)31-11(2)18(21(32)34-4)20(19)17-7-6-16(36-17)13-8-14(23(25,26)27)10-15(9-13)24(28,29)30/h7-10,16,20,31H,5-6H2,1-4H3. The fourth-order valence-corrected chi connectivity index (χ4v) is 4.18. The number of benzene rings is 1. The number of ether oxygens (including phenoxy) is 3. The number of halogens is 6. The molecule has 1 aromatic carbocycles. The summed E-state index contributed by atoms with van der Waals surface area (Å²) in [5.41, 5.74) is -2.61. The van der Waals surface area contributed by atoms with Gasteiger partial charge in [0.25, 0.3) is 0 Å². The molecule has 2 unspecified atom stereocenters. The Kier molecular flexibility index (Phi) is 7.47. The van der Waals surface area contributed by atoms with Crippen LogP contribution in [0.25, 0.3) is 0 Å². The maximum absolute atomic E-state index is 13.3. The first kappa shape index (κ1) is 27.2. The monoisotopic (exact) mass is 519 g/mol. The number of methoxy groups -OCH3 is 1. The highest BCUT2D eigenvalue weighted by Gasteiger charge is 2.43. The number of hydrogen-bond acceptors (Lipinski definition) is 6. The molecule has 0 amide bonds.